The number of hydrogen-bond donors (Lipinski definition) is 2. The molecule has 0 bridgehead atoms. The van der Waals surface area contributed by atoms with Gasteiger partial charge in [-0.05, 0) is 31.9 Å². The van der Waals surface area contributed by atoms with Gasteiger partial charge in [0.15, 0.2) is 0 Å². The van der Waals surface area contributed by atoms with Gasteiger partial charge < -0.3 is 10.6 Å². The normalized spacial score (nSPS) is 11.4. The van der Waals surface area contributed by atoms with Crippen LogP contribution in [-0.4, -0.2) is 12.1 Å². The van der Waals surface area contributed by atoms with E-state index in [2.05, 4.69) is 16.7 Å². The summed E-state index contributed by atoms with van der Waals surface area (Å²) in [5, 5.41) is 14.2. The number of aryl methyl sites for hydroxylation is 2. The Bertz CT molecular complexity index is 463. The van der Waals surface area contributed by atoms with Gasteiger partial charge in [0.1, 0.15) is 0 Å². The molecule has 0 heterocycles. The molecule has 2 amide bonds. The first-order chi connectivity index (χ1) is 8.56. The molecular weight excluding hydrogens is 226 g/mol. The zero-order valence-electron chi connectivity index (χ0n) is 11.1. The standard InChI is InChI=1S/C14H19N3O/c1-4-12(7-8-15)16-14(18)17-13-6-5-10(2)9-11(13)3/h5-6,9,12H,4,7H2,1-3H3,(H2,16,17,18)/t12-/m1/s1. The average molecular weight is 245 g/mol. The van der Waals surface area contributed by atoms with Gasteiger partial charge in [0, 0.05) is 11.7 Å². The molecule has 1 atom stereocenters. The van der Waals surface area contributed by atoms with E-state index in [9.17, 15) is 4.79 Å². The van der Waals surface area contributed by atoms with Crippen LogP contribution in [0.4, 0.5) is 10.5 Å². The van der Waals surface area contributed by atoms with Crippen LogP contribution in [0.3, 0.4) is 0 Å². The van der Waals surface area contributed by atoms with Gasteiger partial charge in [0.25, 0.3) is 0 Å². The summed E-state index contributed by atoms with van der Waals surface area (Å²) in [5.41, 5.74) is 2.98. The highest BCUT2D eigenvalue weighted by Crippen LogP contribution is 2.15. The lowest BCUT2D eigenvalue weighted by Crippen LogP contribution is -2.37. The number of nitrogens with one attached hydrogen (secondary N) is 2. The predicted molar refractivity (Wildman–Crippen MR) is 72.4 cm³/mol. The summed E-state index contributed by atoms with van der Waals surface area (Å²) >= 11 is 0. The molecule has 0 aromatic heterocycles. The minimum Gasteiger partial charge on any atom is -0.334 e. The summed E-state index contributed by atoms with van der Waals surface area (Å²) < 4.78 is 0. The van der Waals surface area contributed by atoms with Crippen molar-refractivity contribution >= 4 is 11.7 Å². The van der Waals surface area contributed by atoms with E-state index >= 15 is 0 Å². The highest BCUT2D eigenvalue weighted by atomic mass is 16.2. The Morgan fingerprint density at radius 3 is 2.72 bits per heavy atom. The van der Waals surface area contributed by atoms with Crippen molar-refractivity contribution in [3.63, 3.8) is 0 Å². The van der Waals surface area contributed by atoms with Crippen LogP contribution in [0.25, 0.3) is 0 Å². The number of anilines is 1. The molecule has 0 aliphatic heterocycles. The lowest BCUT2D eigenvalue weighted by atomic mass is 10.1. The van der Waals surface area contributed by atoms with Crippen LogP contribution in [0.2, 0.25) is 0 Å². The summed E-state index contributed by atoms with van der Waals surface area (Å²) in [5.74, 6) is 0. The molecule has 4 nitrogen and oxygen atoms in total. The van der Waals surface area contributed by atoms with E-state index in [1.165, 1.54) is 0 Å². The minimum atomic E-state index is -0.260. The van der Waals surface area contributed by atoms with E-state index in [-0.39, 0.29) is 12.1 Å². The molecule has 0 radical (unpaired) electrons. The molecule has 1 aromatic carbocycles. The summed E-state index contributed by atoms with van der Waals surface area (Å²) in [6.07, 6.45) is 1.07. The van der Waals surface area contributed by atoms with Crippen molar-refractivity contribution in [1.29, 1.82) is 5.26 Å². The van der Waals surface area contributed by atoms with E-state index in [0.717, 1.165) is 23.2 Å². The van der Waals surface area contributed by atoms with Crippen LogP contribution < -0.4 is 10.6 Å². The van der Waals surface area contributed by atoms with Gasteiger partial charge in [-0.15, -0.1) is 0 Å². The number of carbonyl (C=O) groups excluding carboxylic acids is 1. The Morgan fingerprint density at radius 1 is 1.44 bits per heavy atom. The number of rotatable bonds is 4. The number of carbonyl (C=O) groups is 1. The Morgan fingerprint density at radius 2 is 2.17 bits per heavy atom. The third-order valence-corrected chi connectivity index (χ3v) is 2.80. The number of benzene rings is 1. The molecule has 18 heavy (non-hydrogen) atoms. The fourth-order valence-corrected chi connectivity index (χ4v) is 1.71. The second-order valence-electron chi connectivity index (χ2n) is 4.38. The number of nitrogens with zero attached hydrogens (tertiary/aromatic N) is 1. The highest BCUT2D eigenvalue weighted by Gasteiger charge is 2.10. The molecular formula is C14H19N3O. The Balaban J connectivity index is 2.62. The SMILES string of the molecule is CC[C@H](CC#N)NC(=O)Nc1ccc(C)cc1C. The van der Waals surface area contributed by atoms with E-state index in [4.69, 9.17) is 5.26 Å². The van der Waals surface area contributed by atoms with Gasteiger partial charge in [-0.3, -0.25) is 0 Å². The Hall–Kier alpha value is -2.02. The third kappa shape index (κ3) is 4.10. The van der Waals surface area contributed by atoms with Crippen LogP contribution in [0.15, 0.2) is 18.2 Å². The van der Waals surface area contributed by atoms with Crippen molar-refractivity contribution in [3.05, 3.63) is 29.3 Å². The predicted octanol–water partition coefficient (Wildman–Crippen LogP) is 3.12. The molecule has 0 aliphatic carbocycles. The topological polar surface area (TPSA) is 64.9 Å². The van der Waals surface area contributed by atoms with Crippen molar-refractivity contribution in [1.82, 2.24) is 5.32 Å². The molecule has 1 rings (SSSR count). The number of urea groups is 1. The molecule has 0 saturated heterocycles. The zero-order chi connectivity index (χ0) is 13.5. The van der Waals surface area contributed by atoms with Crippen LogP contribution in [0, 0.1) is 25.2 Å². The maximum absolute atomic E-state index is 11.8. The van der Waals surface area contributed by atoms with E-state index in [0.29, 0.717) is 6.42 Å². The van der Waals surface area contributed by atoms with Crippen LogP contribution in [-0.2, 0) is 0 Å². The van der Waals surface area contributed by atoms with Crippen molar-refractivity contribution in [3.8, 4) is 6.07 Å². The smallest absolute Gasteiger partial charge is 0.319 e. The summed E-state index contributed by atoms with van der Waals surface area (Å²) in [6, 6.07) is 7.56. The average Bonchev–Trinajstić information content (AvgIpc) is 2.32. The quantitative estimate of drug-likeness (QED) is 0.856. The Labute approximate surface area is 108 Å². The fourth-order valence-electron chi connectivity index (χ4n) is 1.71. The first-order valence-corrected chi connectivity index (χ1v) is 6.08. The lowest BCUT2D eigenvalue weighted by Gasteiger charge is -2.15. The van der Waals surface area contributed by atoms with Gasteiger partial charge in [0.05, 0.1) is 12.5 Å². The largest absolute Gasteiger partial charge is 0.334 e. The monoisotopic (exact) mass is 245 g/mol. The zero-order valence-corrected chi connectivity index (χ0v) is 11.1. The number of nitriles is 1. The second kappa shape index (κ2) is 6.65. The Kier molecular flexibility index (Phi) is 5.19. The van der Waals surface area contributed by atoms with Crippen molar-refractivity contribution in [2.45, 2.75) is 39.7 Å². The molecule has 1 aromatic rings. The summed E-state index contributed by atoms with van der Waals surface area (Å²) in [7, 11) is 0. The summed E-state index contributed by atoms with van der Waals surface area (Å²) in [6.45, 7) is 5.91. The molecule has 0 unspecified atom stereocenters. The van der Waals surface area contributed by atoms with E-state index < -0.39 is 0 Å². The van der Waals surface area contributed by atoms with Gasteiger partial charge in [0.2, 0.25) is 0 Å². The molecule has 0 aliphatic rings. The maximum Gasteiger partial charge on any atom is 0.319 e. The van der Waals surface area contributed by atoms with Crippen LogP contribution in [0.1, 0.15) is 30.9 Å². The van der Waals surface area contributed by atoms with Gasteiger partial charge in [-0.2, -0.15) is 5.26 Å². The van der Waals surface area contributed by atoms with E-state index in [1.54, 1.807) is 0 Å². The van der Waals surface area contributed by atoms with Crippen molar-refractivity contribution in [2.24, 2.45) is 0 Å². The first kappa shape index (κ1) is 14.0. The highest BCUT2D eigenvalue weighted by molar-refractivity contribution is 5.90. The summed E-state index contributed by atoms with van der Waals surface area (Å²) in [4.78, 5) is 11.8. The third-order valence-electron chi connectivity index (χ3n) is 2.80. The molecule has 2 N–H and O–H groups in total. The van der Waals surface area contributed by atoms with Crippen molar-refractivity contribution in [2.75, 3.05) is 5.32 Å². The molecule has 0 saturated carbocycles. The maximum atomic E-state index is 11.8. The van der Waals surface area contributed by atoms with Crippen LogP contribution >= 0.6 is 0 Å². The van der Waals surface area contributed by atoms with Gasteiger partial charge in [-0.1, -0.05) is 24.6 Å². The first-order valence-electron chi connectivity index (χ1n) is 6.08. The second-order valence-corrected chi connectivity index (χ2v) is 4.38. The molecule has 0 fully saturated rings. The van der Waals surface area contributed by atoms with E-state index in [1.807, 2.05) is 39.0 Å². The van der Waals surface area contributed by atoms with Gasteiger partial charge in [-0.25, -0.2) is 4.79 Å². The molecule has 96 valence electrons. The molecule has 0 spiro atoms. The minimum absolute atomic E-state index is 0.0965. The number of hydrogen-bond acceptors (Lipinski definition) is 2. The fraction of sp³-hybridized carbons (Fsp3) is 0.429. The van der Waals surface area contributed by atoms with Crippen LogP contribution in [0.5, 0.6) is 0 Å². The number of amides is 2. The van der Waals surface area contributed by atoms with Crippen molar-refractivity contribution < 1.29 is 4.79 Å². The van der Waals surface area contributed by atoms with Gasteiger partial charge >= 0.3 is 6.03 Å². The lowest BCUT2D eigenvalue weighted by molar-refractivity contribution is 0.248. The molecule has 4 heteroatoms.